The number of hydrogen-bond donors (Lipinski definition) is 2. The average molecular weight is 396 g/mol. The fourth-order valence-electron chi connectivity index (χ4n) is 3.17. The predicted octanol–water partition coefficient (Wildman–Crippen LogP) is 2.49. The molecule has 3 rings (SSSR count). The van der Waals surface area contributed by atoms with Crippen molar-refractivity contribution in [3.05, 3.63) is 59.2 Å². The minimum Gasteiger partial charge on any atom is -0.494 e. The second kappa shape index (κ2) is 9.73. The molecule has 2 amide bonds. The van der Waals surface area contributed by atoms with Crippen LogP contribution in [0.25, 0.3) is 0 Å². The lowest BCUT2D eigenvalue weighted by Crippen LogP contribution is -2.32. The number of esters is 1. The van der Waals surface area contributed by atoms with Gasteiger partial charge in [0.15, 0.2) is 6.61 Å². The molecule has 2 aromatic rings. The largest absolute Gasteiger partial charge is 0.494 e. The summed E-state index contributed by atoms with van der Waals surface area (Å²) in [6, 6.07) is 12.4. The minimum absolute atomic E-state index is 0.321. The number of nitrogens with one attached hydrogen (secondary N) is 2. The molecule has 0 heterocycles. The average Bonchev–Trinajstić information content (AvgIpc) is 3.19. The van der Waals surface area contributed by atoms with Crippen molar-refractivity contribution in [1.82, 2.24) is 5.32 Å². The van der Waals surface area contributed by atoms with Gasteiger partial charge in [0.25, 0.3) is 11.8 Å². The van der Waals surface area contributed by atoms with Crippen molar-refractivity contribution in [3.8, 4) is 5.75 Å². The van der Waals surface area contributed by atoms with Crippen LogP contribution in [0.15, 0.2) is 42.5 Å². The van der Waals surface area contributed by atoms with Crippen molar-refractivity contribution in [2.24, 2.45) is 0 Å². The molecule has 0 saturated carbocycles. The number of carbonyl (C=O) groups excluding carboxylic acids is 3. The summed E-state index contributed by atoms with van der Waals surface area (Å²) in [4.78, 5) is 35.8. The monoisotopic (exact) mass is 396 g/mol. The Hall–Kier alpha value is -3.35. The van der Waals surface area contributed by atoms with Gasteiger partial charge in [-0.25, -0.2) is 0 Å². The second-order valence-corrected chi connectivity index (χ2v) is 6.69. The van der Waals surface area contributed by atoms with Crippen LogP contribution >= 0.6 is 0 Å². The standard InChI is InChI=1S/C22H24N2O5/c1-2-28-19-10-7-16(8-11-19)22(27)23-13-21(26)29-14-20(25)24-18-9-6-15-4-3-5-17(15)12-18/h6-12H,2-5,13-14H2,1H3,(H,23,27)(H,24,25). The van der Waals surface area contributed by atoms with E-state index in [4.69, 9.17) is 9.47 Å². The molecule has 2 aromatic carbocycles. The van der Waals surface area contributed by atoms with E-state index in [1.165, 1.54) is 11.1 Å². The number of hydrogen-bond acceptors (Lipinski definition) is 5. The van der Waals surface area contributed by atoms with Crippen molar-refractivity contribution in [2.75, 3.05) is 25.1 Å². The number of carbonyl (C=O) groups is 3. The van der Waals surface area contributed by atoms with Gasteiger partial charge in [-0.1, -0.05) is 6.07 Å². The molecule has 0 bridgehead atoms. The molecular formula is C22H24N2O5. The molecule has 1 aliphatic carbocycles. The van der Waals surface area contributed by atoms with E-state index in [1.807, 2.05) is 25.1 Å². The van der Waals surface area contributed by atoms with Crippen molar-refractivity contribution in [3.63, 3.8) is 0 Å². The molecule has 0 aliphatic heterocycles. The van der Waals surface area contributed by atoms with Gasteiger partial charge in [0.05, 0.1) is 6.61 Å². The van der Waals surface area contributed by atoms with Crippen LogP contribution < -0.4 is 15.4 Å². The van der Waals surface area contributed by atoms with Gasteiger partial charge in [-0.2, -0.15) is 0 Å². The summed E-state index contributed by atoms with van der Waals surface area (Å²) < 4.78 is 10.2. The van der Waals surface area contributed by atoms with E-state index in [1.54, 1.807) is 24.3 Å². The summed E-state index contributed by atoms with van der Waals surface area (Å²) in [7, 11) is 0. The molecule has 0 aromatic heterocycles. The van der Waals surface area contributed by atoms with Crippen LogP contribution in [-0.2, 0) is 27.2 Å². The third kappa shape index (κ3) is 5.81. The van der Waals surface area contributed by atoms with Crippen LogP contribution in [-0.4, -0.2) is 37.5 Å². The van der Waals surface area contributed by atoms with Crippen LogP contribution in [0.2, 0.25) is 0 Å². The van der Waals surface area contributed by atoms with Gasteiger partial charge in [-0.15, -0.1) is 0 Å². The van der Waals surface area contributed by atoms with Gasteiger partial charge in [0.2, 0.25) is 0 Å². The number of anilines is 1. The van der Waals surface area contributed by atoms with Gasteiger partial charge in [-0.3, -0.25) is 14.4 Å². The maximum absolute atomic E-state index is 12.1. The van der Waals surface area contributed by atoms with Gasteiger partial charge < -0.3 is 20.1 Å². The van der Waals surface area contributed by atoms with E-state index in [-0.39, 0.29) is 6.54 Å². The lowest BCUT2D eigenvalue weighted by Gasteiger charge is -2.09. The number of ether oxygens (including phenoxy) is 2. The van der Waals surface area contributed by atoms with Gasteiger partial charge in [-0.05, 0) is 73.7 Å². The molecule has 0 saturated heterocycles. The van der Waals surface area contributed by atoms with Crippen molar-refractivity contribution in [1.29, 1.82) is 0 Å². The fraction of sp³-hybridized carbons (Fsp3) is 0.318. The number of rotatable bonds is 8. The van der Waals surface area contributed by atoms with Crippen LogP contribution in [0.3, 0.4) is 0 Å². The first-order valence-electron chi connectivity index (χ1n) is 9.63. The molecule has 7 heteroatoms. The van der Waals surface area contributed by atoms with Crippen molar-refractivity contribution < 1.29 is 23.9 Å². The number of benzene rings is 2. The Kier molecular flexibility index (Phi) is 6.84. The van der Waals surface area contributed by atoms with Crippen molar-refractivity contribution in [2.45, 2.75) is 26.2 Å². The fourth-order valence-corrected chi connectivity index (χ4v) is 3.17. The Balaban J connectivity index is 1.39. The molecule has 7 nitrogen and oxygen atoms in total. The molecule has 2 N–H and O–H groups in total. The highest BCUT2D eigenvalue weighted by molar-refractivity contribution is 5.96. The lowest BCUT2D eigenvalue weighted by atomic mass is 10.1. The summed E-state index contributed by atoms with van der Waals surface area (Å²) in [6.07, 6.45) is 3.22. The Morgan fingerprint density at radius 3 is 2.52 bits per heavy atom. The molecule has 29 heavy (non-hydrogen) atoms. The molecular weight excluding hydrogens is 372 g/mol. The Morgan fingerprint density at radius 2 is 1.76 bits per heavy atom. The molecule has 1 aliphatic rings. The molecule has 152 valence electrons. The van der Waals surface area contributed by atoms with E-state index < -0.39 is 24.4 Å². The van der Waals surface area contributed by atoms with Gasteiger partial charge >= 0.3 is 5.97 Å². The summed E-state index contributed by atoms with van der Waals surface area (Å²) >= 11 is 0. The lowest BCUT2D eigenvalue weighted by molar-refractivity contribution is -0.146. The maximum atomic E-state index is 12.1. The highest BCUT2D eigenvalue weighted by Gasteiger charge is 2.13. The van der Waals surface area contributed by atoms with Gasteiger partial charge in [0, 0.05) is 11.3 Å². The third-order valence-electron chi connectivity index (χ3n) is 4.57. The molecule has 0 atom stereocenters. The van der Waals surface area contributed by atoms with E-state index in [0.717, 1.165) is 19.3 Å². The smallest absolute Gasteiger partial charge is 0.325 e. The number of aryl methyl sites for hydroxylation is 2. The SMILES string of the molecule is CCOc1ccc(C(=O)NCC(=O)OCC(=O)Nc2ccc3c(c2)CCC3)cc1. The van der Waals surface area contributed by atoms with Crippen LogP contribution in [0.4, 0.5) is 5.69 Å². The summed E-state index contributed by atoms with van der Waals surface area (Å²) in [5.74, 6) is -0.854. The van der Waals surface area contributed by atoms with E-state index >= 15 is 0 Å². The zero-order valence-electron chi connectivity index (χ0n) is 16.3. The zero-order valence-corrected chi connectivity index (χ0v) is 16.3. The van der Waals surface area contributed by atoms with Crippen LogP contribution in [0, 0.1) is 0 Å². The summed E-state index contributed by atoms with van der Waals surface area (Å²) in [6.45, 7) is 1.68. The number of amides is 2. The normalized spacial score (nSPS) is 12.0. The first-order valence-corrected chi connectivity index (χ1v) is 9.63. The topological polar surface area (TPSA) is 93.7 Å². The van der Waals surface area contributed by atoms with Crippen molar-refractivity contribution >= 4 is 23.5 Å². The first-order chi connectivity index (χ1) is 14.0. The van der Waals surface area contributed by atoms with Crippen LogP contribution in [0.5, 0.6) is 5.75 Å². The molecule has 0 radical (unpaired) electrons. The van der Waals surface area contributed by atoms with E-state index in [0.29, 0.717) is 23.6 Å². The molecule has 0 fully saturated rings. The summed E-state index contributed by atoms with van der Waals surface area (Å²) in [5, 5.41) is 5.18. The number of fused-ring (bicyclic) bond motifs is 1. The van der Waals surface area contributed by atoms with E-state index in [2.05, 4.69) is 10.6 Å². The second-order valence-electron chi connectivity index (χ2n) is 6.69. The highest BCUT2D eigenvalue weighted by atomic mass is 16.5. The van der Waals surface area contributed by atoms with Crippen LogP contribution in [0.1, 0.15) is 34.8 Å². The highest BCUT2D eigenvalue weighted by Crippen LogP contribution is 2.24. The first kappa shape index (κ1) is 20.4. The van der Waals surface area contributed by atoms with Gasteiger partial charge in [0.1, 0.15) is 12.3 Å². The molecule has 0 unspecified atom stereocenters. The predicted molar refractivity (Wildman–Crippen MR) is 108 cm³/mol. The summed E-state index contributed by atoms with van der Waals surface area (Å²) in [5.41, 5.74) is 3.65. The quantitative estimate of drug-likeness (QED) is 0.669. The van der Waals surface area contributed by atoms with E-state index in [9.17, 15) is 14.4 Å². The molecule has 0 spiro atoms. The third-order valence-corrected chi connectivity index (χ3v) is 4.57. The Morgan fingerprint density at radius 1 is 1.00 bits per heavy atom. The Bertz CT molecular complexity index is 893. The minimum atomic E-state index is -0.687. The zero-order chi connectivity index (χ0) is 20.6. The maximum Gasteiger partial charge on any atom is 0.325 e. The Labute approximate surface area is 169 Å².